The zero-order valence-electron chi connectivity index (χ0n) is 11.0. The quantitative estimate of drug-likeness (QED) is 0.747. The third-order valence-electron chi connectivity index (χ3n) is 2.57. The van der Waals surface area contributed by atoms with Gasteiger partial charge in [-0.3, -0.25) is 4.79 Å². The van der Waals surface area contributed by atoms with Crippen LogP contribution in [0.5, 0.6) is 0 Å². The van der Waals surface area contributed by atoms with Crippen LogP contribution in [0, 0.1) is 17.6 Å². The van der Waals surface area contributed by atoms with Crippen LogP contribution in [0.3, 0.4) is 0 Å². The predicted molar refractivity (Wildman–Crippen MR) is 68.0 cm³/mol. The van der Waals surface area contributed by atoms with Gasteiger partial charge in [0.15, 0.2) is 11.6 Å². The van der Waals surface area contributed by atoms with E-state index in [1.807, 2.05) is 0 Å². The number of aliphatic carboxylic acids is 1. The Balaban J connectivity index is 2.32. The van der Waals surface area contributed by atoms with Crippen LogP contribution in [0.4, 0.5) is 13.6 Å². The molecule has 0 aliphatic carbocycles. The van der Waals surface area contributed by atoms with Crippen LogP contribution < -0.4 is 10.6 Å². The summed E-state index contributed by atoms with van der Waals surface area (Å²) in [5, 5.41) is 13.5. The molecule has 0 radical (unpaired) electrons. The summed E-state index contributed by atoms with van der Waals surface area (Å²) < 4.78 is 25.6. The summed E-state index contributed by atoms with van der Waals surface area (Å²) in [4.78, 5) is 21.9. The van der Waals surface area contributed by atoms with Gasteiger partial charge in [0.25, 0.3) is 0 Å². The van der Waals surface area contributed by atoms with E-state index in [0.717, 1.165) is 12.1 Å². The fraction of sp³-hybridized carbons (Fsp3) is 0.385. The Labute approximate surface area is 115 Å². The number of halogens is 2. The smallest absolute Gasteiger partial charge is 0.315 e. The second-order valence-corrected chi connectivity index (χ2v) is 4.52. The molecule has 0 saturated heterocycles. The molecule has 3 N–H and O–H groups in total. The third-order valence-corrected chi connectivity index (χ3v) is 2.57. The first-order valence-corrected chi connectivity index (χ1v) is 6.06. The molecule has 2 amide bonds. The van der Waals surface area contributed by atoms with Crippen molar-refractivity contribution in [2.24, 2.45) is 5.92 Å². The Morgan fingerprint density at radius 2 is 1.95 bits per heavy atom. The summed E-state index contributed by atoms with van der Waals surface area (Å²) in [7, 11) is 0. The number of carbonyl (C=O) groups is 2. The number of carboxylic acid groups (broad SMARTS) is 1. The molecule has 0 fully saturated rings. The number of benzene rings is 1. The molecular weight excluding hydrogens is 270 g/mol. The number of carbonyl (C=O) groups excluding carboxylic acids is 1. The second kappa shape index (κ2) is 7.42. The molecule has 0 heterocycles. The van der Waals surface area contributed by atoms with Gasteiger partial charge in [0.05, 0.1) is 0 Å². The van der Waals surface area contributed by atoms with Gasteiger partial charge >= 0.3 is 12.0 Å². The Hall–Kier alpha value is -2.18. The van der Waals surface area contributed by atoms with Crippen molar-refractivity contribution in [2.45, 2.75) is 19.9 Å². The van der Waals surface area contributed by atoms with Gasteiger partial charge in [0.1, 0.15) is 0 Å². The lowest BCUT2D eigenvalue weighted by molar-refractivity contribution is -0.137. The van der Waals surface area contributed by atoms with Gasteiger partial charge in [-0.2, -0.15) is 0 Å². The van der Waals surface area contributed by atoms with Crippen molar-refractivity contribution in [1.29, 1.82) is 0 Å². The van der Waals surface area contributed by atoms with E-state index >= 15 is 0 Å². The molecule has 110 valence electrons. The van der Waals surface area contributed by atoms with Crippen LogP contribution in [0.2, 0.25) is 0 Å². The minimum absolute atomic E-state index is 0.0382. The highest BCUT2D eigenvalue weighted by molar-refractivity contribution is 5.74. The lowest BCUT2D eigenvalue weighted by Crippen LogP contribution is -2.37. The first-order valence-electron chi connectivity index (χ1n) is 6.06. The highest BCUT2D eigenvalue weighted by atomic mass is 19.2. The molecule has 1 rings (SSSR count). The minimum Gasteiger partial charge on any atom is -0.481 e. The molecule has 1 unspecified atom stereocenters. The van der Waals surface area contributed by atoms with E-state index in [2.05, 4.69) is 10.6 Å². The molecule has 0 aliphatic heterocycles. The number of urea groups is 1. The molecule has 20 heavy (non-hydrogen) atoms. The number of amides is 2. The highest BCUT2D eigenvalue weighted by Crippen LogP contribution is 2.08. The Morgan fingerprint density at radius 1 is 1.25 bits per heavy atom. The van der Waals surface area contributed by atoms with Crippen LogP contribution in [-0.4, -0.2) is 23.7 Å². The predicted octanol–water partition coefficient (Wildman–Crippen LogP) is 1.87. The number of hydrogen-bond donors (Lipinski definition) is 3. The van der Waals surface area contributed by atoms with E-state index in [0.29, 0.717) is 5.56 Å². The lowest BCUT2D eigenvalue weighted by atomic mass is 10.1. The fourth-order valence-corrected chi connectivity index (χ4v) is 1.53. The third kappa shape index (κ3) is 5.64. The molecule has 1 aromatic carbocycles. The number of hydrogen-bond acceptors (Lipinski definition) is 2. The van der Waals surface area contributed by atoms with Crippen LogP contribution >= 0.6 is 0 Å². The zero-order chi connectivity index (χ0) is 15.1. The van der Waals surface area contributed by atoms with Gasteiger partial charge in [-0.1, -0.05) is 13.0 Å². The average Bonchev–Trinajstić information content (AvgIpc) is 2.37. The minimum atomic E-state index is -0.972. The fourth-order valence-electron chi connectivity index (χ4n) is 1.53. The van der Waals surface area contributed by atoms with Gasteiger partial charge in [0.2, 0.25) is 0 Å². The standard InChI is InChI=1S/C13H16F2N2O3/c1-8(4-12(18)19)6-16-13(20)17-7-9-2-3-10(14)11(15)5-9/h2-3,5,8H,4,6-7H2,1H3,(H,18,19)(H2,16,17,20). The zero-order valence-corrected chi connectivity index (χ0v) is 11.0. The summed E-state index contributed by atoms with van der Waals surface area (Å²) in [6, 6.07) is 2.86. The van der Waals surface area contributed by atoms with Crippen molar-refractivity contribution < 1.29 is 23.5 Å². The summed E-state index contributed by atoms with van der Waals surface area (Å²) in [6.07, 6.45) is -0.0382. The molecule has 0 aliphatic rings. The van der Waals surface area contributed by atoms with Gasteiger partial charge in [-0.15, -0.1) is 0 Å². The Kier molecular flexibility index (Phi) is 5.89. The van der Waals surface area contributed by atoms with Crippen molar-refractivity contribution in [1.82, 2.24) is 10.6 Å². The van der Waals surface area contributed by atoms with Crippen molar-refractivity contribution in [3.8, 4) is 0 Å². The van der Waals surface area contributed by atoms with Crippen LogP contribution in [0.15, 0.2) is 18.2 Å². The van der Waals surface area contributed by atoms with Crippen LogP contribution in [0.1, 0.15) is 18.9 Å². The van der Waals surface area contributed by atoms with E-state index in [-0.39, 0.29) is 25.4 Å². The van der Waals surface area contributed by atoms with E-state index in [1.54, 1.807) is 6.92 Å². The molecule has 0 aromatic heterocycles. The lowest BCUT2D eigenvalue weighted by Gasteiger charge is -2.11. The maximum Gasteiger partial charge on any atom is 0.315 e. The molecule has 7 heteroatoms. The maximum atomic E-state index is 12.9. The summed E-state index contributed by atoms with van der Waals surface area (Å²) in [5.74, 6) is -3.04. The number of rotatable bonds is 6. The molecule has 1 aromatic rings. The first-order chi connectivity index (χ1) is 9.38. The van der Waals surface area contributed by atoms with Crippen molar-refractivity contribution in [3.05, 3.63) is 35.4 Å². The van der Waals surface area contributed by atoms with Crippen molar-refractivity contribution in [2.75, 3.05) is 6.54 Å². The van der Waals surface area contributed by atoms with E-state index in [4.69, 9.17) is 5.11 Å². The number of carboxylic acids is 1. The second-order valence-electron chi connectivity index (χ2n) is 4.52. The molecule has 1 atom stereocenters. The van der Waals surface area contributed by atoms with Crippen molar-refractivity contribution in [3.63, 3.8) is 0 Å². The topological polar surface area (TPSA) is 78.4 Å². The molecule has 0 bridgehead atoms. The van der Waals surface area contributed by atoms with Gasteiger partial charge < -0.3 is 15.7 Å². The van der Waals surface area contributed by atoms with E-state index in [1.165, 1.54) is 6.07 Å². The normalized spacial score (nSPS) is 11.8. The van der Waals surface area contributed by atoms with Gasteiger partial charge in [0, 0.05) is 19.5 Å². The summed E-state index contributed by atoms with van der Waals surface area (Å²) >= 11 is 0. The Bertz CT molecular complexity index is 495. The highest BCUT2D eigenvalue weighted by Gasteiger charge is 2.09. The first kappa shape index (κ1) is 15.9. The van der Waals surface area contributed by atoms with Crippen LogP contribution in [-0.2, 0) is 11.3 Å². The van der Waals surface area contributed by atoms with Gasteiger partial charge in [-0.25, -0.2) is 13.6 Å². The Morgan fingerprint density at radius 3 is 2.55 bits per heavy atom. The molecule has 5 nitrogen and oxygen atoms in total. The van der Waals surface area contributed by atoms with E-state index < -0.39 is 23.6 Å². The van der Waals surface area contributed by atoms with Crippen molar-refractivity contribution >= 4 is 12.0 Å². The molecule has 0 saturated carbocycles. The monoisotopic (exact) mass is 286 g/mol. The average molecular weight is 286 g/mol. The SMILES string of the molecule is CC(CNC(=O)NCc1ccc(F)c(F)c1)CC(=O)O. The van der Waals surface area contributed by atoms with Crippen LogP contribution in [0.25, 0.3) is 0 Å². The largest absolute Gasteiger partial charge is 0.481 e. The summed E-state index contributed by atoms with van der Waals surface area (Å²) in [5.41, 5.74) is 0.428. The maximum absolute atomic E-state index is 12.9. The molecular formula is C13H16F2N2O3. The summed E-state index contributed by atoms with van der Waals surface area (Å²) in [6.45, 7) is 1.97. The molecule has 0 spiro atoms. The number of nitrogens with one attached hydrogen (secondary N) is 2. The van der Waals surface area contributed by atoms with E-state index in [9.17, 15) is 18.4 Å². The van der Waals surface area contributed by atoms with Gasteiger partial charge in [-0.05, 0) is 23.6 Å².